The number of halogens is 1. The number of amides is 2. The predicted molar refractivity (Wildman–Crippen MR) is 92.8 cm³/mol. The van der Waals surface area contributed by atoms with Crippen molar-refractivity contribution in [2.45, 2.75) is 44.1 Å². The molecular formula is C19H23ClN2O2. The zero-order valence-electron chi connectivity index (χ0n) is 13.7. The summed E-state index contributed by atoms with van der Waals surface area (Å²) < 4.78 is 0. The highest BCUT2D eigenvalue weighted by Gasteiger charge is 2.47. The Morgan fingerprint density at radius 2 is 1.96 bits per heavy atom. The predicted octanol–water partition coefficient (Wildman–Crippen LogP) is 2.96. The number of benzene rings is 1. The highest BCUT2D eigenvalue weighted by molar-refractivity contribution is 6.31. The van der Waals surface area contributed by atoms with Gasteiger partial charge in [0, 0.05) is 30.1 Å². The first-order chi connectivity index (χ1) is 11.6. The number of nitrogens with zero attached hydrogens (tertiary/aromatic N) is 1. The number of hydrogen-bond acceptors (Lipinski definition) is 2. The van der Waals surface area contributed by atoms with Crippen LogP contribution in [0.15, 0.2) is 24.3 Å². The van der Waals surface area contributed by atoms with Crippen LogP contribution >= 0.6 is 11.6 Å². The van der Waals surface area contributed by atoms with Crippen molar-refractivity contribution in [2.24, 2.45) is 11.8 Å². The van der Waals surface area contributed by atoms with Gasteiger partial charge in [-0.05, 0) is 49.7 Å². The lowest BCUT2D eigenvalue weighted by atomic mass is 9.96. The summed E-state index contributed by atoms with van der Waals surface area (Å²) in [6.07, 6.45) is 4.88. The topological polar surface area (TPSA) is 49.4 Å². The van der Waals surface area contributed by atoms with E-state index in [1.807, 2.05) is 29.2 Å². The Morgan fingerprint density at radius 1 is 1.17 bits per heavy atom. The largest absolute Gasteiger partial charge is 0.353 e. The van der Waals surface area contributed by atoms with Crippen molar-refractivity contribution in [1.29, 1.82) is 0 Å². The molecule has 1 aromatic rings. The van der Waals surface area contributed by atoms with Gasteiger partial charge in [0.15, 0.2) is 0 Å². The summed E-state index contributed by atoms with van der Waals surface area (Å²) in [7, 11) is 0. The smallest absolute Gasteiger partial charge is 0.226 e. The lowest BCUT2D eigenvalue weighted by molar-refractivity contribution is -0.136. The van der Waals surface area contributed by atoms with Crippen LogP contribution in [0.3, 0.4) is 0 Å². The Kier molecular flexibility index (Phi) is 4.25. The second-order valence-corrected chi connectivity index (χ2v) is 7.78. The molecule has 1 aliphatic heterocycles. The average Bonchev–Trinajstić information content (AvgIpc) is 3.50. The average molecular weight is 347 g/mol. The zero-order chi connectivity index (χ0) is 16.7. The van der Waals surface area contributed by atoms with Crippen LogP contribution in [0.4, 0.5) is 0 Å². The Labute approximate surface area is 147 Å². The maximum atomic E-state index is 12.8. The van der Waals surface area contributed by atoms with Crippen molar-refractivity contribution in [3.63, 3.8) is 0 Å². The van der Waals surface area contributed by atoms with Crippen molar-refractivity contribution < 1.29 is 9.59 Å². The van der Waals surface area contributed by atoms with Gasteiger partial charge in [-0.15, -0.1) is 0 Å². The molecule has 2 amide bonds. The molecule has 0 radical (unpaired) electrons. The molecule has 128 valence electrons. The summed E-state index contributed by atoms with van der Waals surface area (Å²) in [5.74, 6) is 0.570. The lowest BCUT2D eigenvalue weighted by Gasteiger charge is -2.32. The van der Waals surface area contributed by atoms with Gasteiger partial charge in [-0.2, -0.15) is 0 Å². The van der Waals surface area contributed by atoms with E-state index < -0.39 is 0 Å². The third kappa shape index (κ3) is 3.30. The number of piperidine rings is 1. The molecule has 3 unspecified atom stereocenters. The lowest BCUT2D eigenvalue weighted by Crippen LogP contribution is -2.46. The molecule has 1 N–H and O–H groups in total. The van der Waals surface area contributed by atoms with Gasteiger partial charge in [0.05, 0.1) is 5.92 Å². The van der Waals surface area contributed by atoms with Crippen LogP contribution in [0, 0.1) is 11.8 Å². The van der Waals surface area contributed by atoms with Crippen LogP contribution in [0.5, 0.6) is 0 Å². The van der Waals surface area contributed by atoms with E-state index in [9.17, 15) is 9.59 Å². The van der Waals surface area contributed by atoms with E-state index in [2.05, 4.69) is 5.32 Å². The normalized spacial score (nSPS) is 29.2. The Balaban J connectivity index is 1.36. The molecule has 0 spiro atoms. The van der Waals surface area contributed by atoms with Crippen LogP contribution in [0.1, 0.15) is 43.6 Å². The fourth-order valence-corrected chi connectivity index (χ4v) is 4.04. The molecule has 2 saturated carbocycles. The maximum Gasteiger partial charge on any atom is 0.226 e. The van der Waals surface area contributed by atoms with Crippen molar-refractivity contribution in [3.8, 4) is 0 Å². The summed E-state index contributed by atoms with van der Waals surface area (Å²) >= 11 is 6.26. The highest BCUT2D eigenvalue weighted by atomic mass is 35.5. The number of hydrogen-bond donors (Lipinski definition) is 1. The Bertz CT molecular complexity index is 659. The molecule has 2 aliphatic carbocycles. The fourth-order valence-electron chi connectivity index (χ4n) is 3.76. The first kappa shape index (κ1) is 15.9. The first-order valence-electron chi connectivity index (χ1n) is 8.97. The summed E-state index contributed by atoms with van der Waals surface area (Å²) in [5, 5.41) is 3.82. The fraction of sp³-hybridized carbons (Fsp3) is 0.579. The minimum Gasteiger partial charge on any atom is -0.353 e. The van der Waals surface area contributed by atoms with Crippen LogP contribution in [-0.4, -0.2) is 35.8 Å². The standard InChI is InChI=1S/C19H23ClN2O2/c20-17-6-2-1-5-14(17)15-10-16(15)19(24)22-9-3-4-12(11-22)18(23)21-13-7-8-13/h1-2,5-6,12-13,15-16H,3-4,7-11H2,(H,21,23). The SMILES string of the molecule is O=C(NC1CC1)C1CCCN(C(=O)C2CC2c2ccccc2Cl)C1. The van der Waals surface area contributed by atoms with E-state index in [0.717, 1.165) is 49.2 Å². The van der Waals surface area contributed by atoms with Crippen LogP contribution in [0.25, 0.3) is 0 Å². The molecule has 3 atom stereocenters. The molecule has 1 heterocycles. The van der Waals surface area contributed by atoms with Gasteiger partial charge in [0.25, 0.3) is 0 Å². The third-order valence-corrected chi connectivity index (χ3v) is 5.78. The number of carbonyl (C=O) groups excluding carboxylic acids is 2. The van der Waals surface area contributed by atoms with Crippen LogP contribution in [0.2, 0.25) is 5.02 Å². The number of likely N-dealkylation sites (tertiary alicyclic amines) is 1. The van der Waals surface area contributed by atoms with Crippen LogP contribution < -0.4 is 5.32 Å². The Hall–Kier alpha value is -1.55. The van der Waals surface area contributed by atoms with E-state index >= 15 is 0 Å². The Morgan fingerprint density at radius 3 is 2.71 bits per heavy atom. The van der Waals surface area contributed by atoms with Gasteiger partial charge in [-0.3, -0.25) is 9.59 Å². The molecule has 0 aromatic heterocycles. The van der Waals surface area contributed by atoms with Gasteiger partial charge in [-0.25, -0.2) is 0 Å². The molecule has 4 rings (SSSR count). The second-order valence-electron chi connectivity index (χ2n) is 7.38. The number of nitrogens with one attached hydrogen (secondary N) is 1. The number of rotatable bonds is 4. The van der Waals surface area contributed by atoms with Crippen molar-refractivity contribution in [2.75, 3.05) is 13.1 Å². The van der Waals surface area contributed by atoms with Gasteiger partial charge < -0.3 is 10.2 Å². The van der Waals surface area contributed by atoms with E-state index in [-0.39, 0.29) is 29.6 Å². The number of carbonyl (C=O) groups is 2. The van der Waals surface area contributed by atoms with Crippen LogP contribution in [-0.2, 0) is 9.59 Å². The monoisotopic (exact) mass is 346 g/mol. The summed E-state index contributed by atoms with van der Waals surface area (Å²) in [5.41, 5.74) is 1.08. The van der Waals surface area contributed by atoms with E-state index in [1.165, 1.54) is 0 Å². The highest BCUT2D eigenvalue weighted by Crippen LogP contribution is 2.50. The second kappa shape index (κ2) is 6.40. The minimum atomic E-state index is -0.0409. The van der Waals surface area contributed by atoms with Gasteiger partial charge in [0.2, 0.25) is 11.8 Å². The van der Waals surface area contributed by atoms with Crippen molar-refractivity contribution in [3.05, 3.63) is 34.9 Å². The summed E-state index contributed by atoms with van der Waals surface area (Å²) in [6.45, 7) is 1.35. The third-order valence-electron chi connectivity index (χ3n) is 5.44. The summed E-state index contributed by atoms with van der Waals surface area (Å²) in [4.78, 5) is 27.0. The molecule has 4 nitrogen and oxygen atoms in total. The molecule has 3 fully saturated rings. The molecule has 1 aromatic carbocycles. The van der Waals surface area contributed by atoms with Crippen molar-refractivity contribution in [1.82, 2.24) is 10.2 Å². The van der Waals surface area contributed by atoms with E-state index in [4.69, 9.17) is 11.6 Å². The summed E-state index contributed by atoms with van der Waals surface area (Å²) in [6, 6.07) is 8.17. The molecular weight excluding hydrogens is 324 g/mol. The first-order valence-corrected chi connectivity index (χ1v) is 9.35. The quantitative estimate of drug-likeness (QED) is 0.911. The molecule has 0 bridgehead atoms. The van der Waals surface area contributed by atoms with Gasteiger partial charge in [-0.1, -0.05) is 29.8 Å². The molecule has 24 heavy (non-hydrogen) atoms. The van der Waals surface area contributed by atoms with E-state index in [1.54, 1.807) is 0 Å². The van der Waals surface area contributed by atoms with E-state index in [0.29, 0.717) is 12.6 Å². The minimum absolute atomic E-state index is 0.0372. The van der Waals surface area contributed by atoms with Crippen molar-refractivity contribution >= 4 is 23.4 Å². The maximum absolute atomic E-state index is 12.8. The van der Waals surface area contributed by atoms with Gasteiger partial charge >= 0.3 is 0 Å². The molecule has 5 heteroatoms. The van der Waals surface area contributed by atoms with Gasteiger partial charge in [0.1, 0.15) is 0 Å². The zero-order valence-corrected chi connectivity index (χ0v) is 14.5. The molecule has 1 saturated heterocycles. The molecule has 3 aliphatic rings.